The molecule has 3 heterocycles. The molecular weight excluding hydrogens is 574 g/mol. The first-order valence-electron chi connectivity index (χ1n) is 14.8. The van der Waals surface area contributed by atoms with E-state index in [1.807, 2.05) is 56.9 Å². The summed E-state index contributed by atoms with van der Waals surface area (Å²) in [5.74, 6) is 0.569. The van der Waals surface area contributed by atoms with Crippen molar-refractivity contribution in [2.45, 2.75) is 58.1 Å². The molecule has 1 atom stereocenters. The van der Waals surface area contributed by atoms with Crippen LogP contribution in [0.25, 0.3) is 0 Å². The van der Waals surface area contributed by atoms with Crippen LogP contribution >= 0.6 is 10.7 Å². The predicted octanol–water partition coefficient (Wildman–Crippen LogP) is 5.07. The SMILES string of the molecule is C/C=S(\c1ccc2c(c1)CCN2C(=O)c1cccc(CNC(=O)OC(C)(C)C)c1)N1CCN(c2nc(C)cc(C#N)n2)CC1. The van der Waals surface area contributed by atoms with Crippen LogP contribution in [0.3, 0.4) is 0 Å². The summed E-state index contributed by atoms with van der Waals surface area (Å²) in [5.41, 5.74) is 4.16. The smallest absolute Gasteiger partial charge is 0.407 e. The van der Waals surface area contributed by atoms with Gasteiger partial charge >= 0.3 is 6.09 Å². The van der Waals surface area contributed by atoms with Gasteiger partial charge in [-0.2, -0.15) is 5.26 Å². The van der Waals surface area contributed by atoms with Gasteiger partial charge in [0.25, 0.3) is 5.91 Å². The zero-order valence-electron chi connectivity index (χ0n) is 26.0. The zero-order valence-corrected chi connectivity index (χ0v) is 26.8. The second-order valence-electron chi connectivity index (χ2n) is 11.8. The highest BCUT2D eigenvalue weighted by atomic mass is 32.2. The van der Waals surface area contributed by atoms with E-state index in [-0.39, 0.29) is 23.1 Å². The van der Waals surface area contributed by atoms with Crippen molar-refractivity contribution in [2.75, 3.05) is 42.5 Å². The van der Waals surface area contributed by atoms with Crippen molar-refractivity contribution in [1.82, 2.24) is 19.6 Å². The highest BCUT2D eigenvalue weighted by Gasteiger charge is 2.28. The fraction of sp³-hybridized carbons (Fsp3) is 0.394. The third-order valence-electron chi connectivity index (χ3n) is 7.42. The molecule has 2 aromatic carbocycles. The van der Waals surface area contributed by atoms with Crippen LogP contribution in [0, 0.1) is 18.3 Å². The number of alkyl carbamates (subject to hydrolysis) is 1. The van der Waals surface area contributed by atoms with Crippen LogP contribution in [0.5, 0.6) is 0 Å². The van der Waals surface area contributed by atoms with E-state index in [4.69, 9.17) is 4.74 Å². The summed E-state index contributed by atoms with van der Waals surface area (Å²) >= 11 is 0. The quantitative estimate of drug-likeness (QED) is 0.383. The molecule has 2 aliphatic rings. The first-order valence-corrected chi connectivity index (χ1v) is 16.1. The van der Waals surface area contributed by atoms with Crippen LogP contribution < -0.4 is 15.1 Å². The molecule has 0 spiro atoms. The van der Waals surface area contributed by atoms with Crippen molar-refractivity contribution >= 4 is 39.7 Å². The molecule has 1 saturated heterocycles. The lowest BCUT2D eigenvalue weighted by atomic mass is 10.1. The van der Waals surface area contributed by atoms with Crippen LogP contribution in [-0.2, 0) is 17.7 Å². The number of nitrogens with one attached hydrogen (secondary N) is 1. The molecule has 0 bridgehead atoms. The van der Waals surface area contributed by atoms with Gasteiger partial charge in [0.2, 0.25) is 5.95 Å². The van der Waals surface area contributed by atoms with Crippen LogP contribution in [0.2, 0.25) is 0 Å². The number of carbonyl (C=O) groups is 2. The summed E-state index contributed by atoms with van der Waals surface area (Å²) < 4.78 is 7.80. The lowest BCUT2D eigenvalue weighted by Gasteiger charge is -2.36. The summed E-state index contributed by atoms with van der Waals surface area (Å²) in [5, 5.41) is 14.3. The van der Waals surface area contributed by atoms with Crippen LogP contribution in [-0.4, -0.2) is 70.0 Å². The van der Waals surface area contributed by atoms with Crippen molar-refractivity contribution in [2.24, 2.45) is 0 Å². The average Bonchev–Trinajstić information content (AvgIpc) is 3.43. The molecule has 0 aliphatic carbocycles. The summed E-state index contributed by atoms with van der Waals surface area (Å²) in [6.07, 6.45) is 0.313. The average molecular weight is 614 g/mol. The maximum Gasteiger partial charge on any atom is 0.407 e. The predicted molar refractivity (Wildman–Crippen MR) is 174 cm³/mol. The number of anilines is 2. The number of nitrogens with zero attached hydrogens (tertiary/aromatic N) is 6. The molecule has 5 rings (SSSR count). The van der Waals surface area contributed by atoms with Crippen molar-refractivity contribution in [1.29, 1.82) is 5.26 Å². The second-order valence-corrected chi connectivity index (χ2v) is 13.9. The molecule has 10 nitrogen and oxygen atoms in total. The van der Waals surface area contributed by atoms with E-state index in [0.717, 1.165) is 49.5 Å². The topological polar surface area (TPSA) is 115 Å². The van der Waals surface area contributed by atoms with E-state index < -0.39 is 11.7 Å². The third kappa shape index (κ3) is 7.26. The molecule has 44 heavy (non-hydrogen) atoms. The highest BCUT2D eigenvalue weighted by molar-refractivity contribution is 8.13. The Morgan fingerprint density at radius 1 is 1.07 bits per heavy atom. The molecule has 2 aliphatic heterocycles. The van der Waals surface area contributed by atoms with Crippen molar-refractivity contribution in [3.05, 3.63) is 76.6 Å². The third-order valence-corrected chi connectivity index (χ3v) is 9.53. The number of fused-ring (bicyclic) bond motifs is 1. The van der Waals surface area contributed by atoms with E-state index in [2.05, 4.69) is 61.0 Å². The summed E-state index contributed by atoms with van der Waals surface area (Å²) in [4.78, 5) is 39.9. The number of piperazine rings is 1. The van der Waals surface area contributed by atoms with Crippen LogP contribution in [0.15, 0.2) is 53.4 Å². The molecule has 3 aromatic rings. The lowest BCUT2D eigenvalue weighted by molar-refractivity contribution is 0.0523. The number of nitriles is 1. The van der Waals surface area contributed by atoms with E-state index >= 15 is 0 Å². The van der Waals surface area contributed by atoms with Gasteiger partial charge in [0.05, 0.1) is 0 Å². The Hall–Kier alpha value is -4.27. The Labute approximate surface area is 261 Å². The van der Waals surface area contributed by atoms with Crippen molar-refractivity contribution in [3.63, 3.8) is 0 Å². The lowest BCUT2D eigenvalue weighted by Crippen LogP contribution is -2.45. The molecule has 1 N–H and O–H groups in total. The van der Waals surface area contributed by atoms with E-state index in [1.54, 1.807) is 6.07 Å². The summed E-state index contributed by atoms with van der Waals surface area (Å²) in [6.45, 7) is 13.6. The largest absolute Gasteiger partial charge is 0.444 e. The summed E-state index contributed by atoms with van der Waals surface area (Å²) in [6, 6.07) is 17.7. The van der Waals surface area contributed by atoms with Crippen molar-refractivity contribution < 1.29 is 14.3 Å². The van der Waals surface area contributed by atoms with Crippen LogP contribution in [0.1, 0.15) is 60.6 Å². The number of carbonyl (C=O) groups excluding carboxylic acids is 2. The molecule has 0 saturated carbocycles. The number of rotatable bonds is 6. The van der Waals surface area contributed by atoms with Gasteiger partial charge in [0, 0.05) is 61.1 Å². The second kappa shape index (κ2) is 13.2. The number of aromatic nitrogens is 2. The molecule has 2 amide bonds. The minimum absolute atomic E-state index is 0.0503. The Bertz CT molecular complexity index is 1640. The molecule has 1 fully saturated rings. The van der Waals surface area contributed by atoms with Gasteiger partial charge in [-0.25, -0.2) is 19.1 Å². The molecule has 1 aromatic heterocycles. The van der Waals surface area contributed by atoms with Gasteiger partial charge < -0.3 is 19.9 Å². The minimum Gasteiger partial charge on any atom is -0.444 e. The van der Waals surface area contributed by atoms with Gasteiger partial charge in [0.1, 0.15) is 17.4 Å². The number of hydrogen-bond donors (Lipinski definition) is 1. The summed E-state index contributed by atoms with van der Waals surface area (Å²) in [7, 11) is -0.189. The molecule has 11 heteroatoms. The standard InChI is InChI=1S/C33H39N7O3S/c1-6-44(39-16-14-38(15-17-39)31-36-23(2)18-27(21-34)37-31)28-10-11-29-25(20-28)12-13-40(29)30(41)26-9-7-8-24(19-26)22-35-32(42)43-33(3,4)5/h6-11,18-20H,12-17,22H2,1-5H3,(H,35,42). The fourth-order valence-electron chi connectivity index (χ4n) is 5.45. The van der Waals surface area contributed by atoms with Gasteiger partial charge in [-0.3, -0.25) is 4.79 Å². The maximum absolute atomic E-state index is 13.6. The van der Waals surface area contributed by atoms with Gasteiger partial charge in [-0.05, 0) is 93.9 Å². The van der Waals surface area contributed by atoms with Gasteiger partial charge in [-0.15, -0.1) is 0 Å². The van der Waals surface area contributed by atoms with E-state index in [9.17, 15) is 14.9 Å². The Morgan fingerprint density at radius 3 is 2.55 bits per heavy atom. The van der Waals surface area contributed by atoms with Gasteiger partial charge in [0.15, 0.2) is 0 Å². The first-order chi connectivity index (χ1) is 21.0. The number of amides is 2. The Balaban J connectivity index is 1.24. The molecule has 230 valence electrons. The fourth-order valence-corrected chi connectivity index (χ4v) is 7.34. The molecular formula is C33H39N7O3S. The minimum atomic E-state index is -0.573. The Kier molecular flexibility index (Phi) is 9.32. The van der Waals surface area contributed by atoms with Gasteiger partial charge in [-0.1, -0.05) is 22.8 Å². The molecule has 1 unspecified atom stereocenters. The molecule has 0 radical (unpaired) electrons. The van der Waals surface area contributed by atoms with E-state index in [0.29, 0.717) is 23.8 Å². The van der Waals surface area contributed by atoms with Crippen molar-refractivity contribution in [3.8, 4) is 6.07 Å². The number of hydrogen-bond acceptors (Lipinski definition) is 8. The number of benzene rings is 2. The van der Waals surface area contributed by atoms with E-state index in [1.165, 1.54) is 10.5 Å². The normalized spacial score (nSPS) is 15.9. The number of ether oxygens (including phenoxy) is 1. The maximum atomic E-state index is 13.6. The zero-order chi connectivity index (χ0) is 31.4. The number of aryl methyl sites for hydroxylation is 1. The first kappa shape index (κ1) is 31.2. The monoisotopic (exact) mass is 613 g/mol. The highest BCUT2D eigenvalue weighted by Crippen LogP contribution is 2.38. The van der Waals surface area contributed by atoms with Crippen LogP contribution in [0.4, 0.5) is 16.4 Å². The Morgan fingerprint density at radius 2 is 1.84 bits per heavy atom.